The molecule has 0 amide bonds. The molecule has 3 heteroatoms. The topological polar surface area (TPSA) is 52.3 Å². The third-order valence-electron chi connectivity index (χ3n) is 3.28. The molecule has 1 atom stereocenters. The van der Waals surface area contributed by atoms with Crippen molar-refractivity contribution in [1.29, 1.82) is 0 Å². The van der Waals surface area contributed by atoms with E-state index in [0.29, 0.717) is 25.5 Å². The Morgan fingerprint density at radius 3 is 3.12 bits per heavy atom. The Morgan fingerprint density at radius 1 is 1.53 bits per heavy atom. The van der Waals surface area contributed by atoms with Gasteiger partial charge in [0.25, 0.3) is 0 Å². The summed E-state index contributed by atoms with van der Waals surface area (Å²) in [6, 6.07) is 5.83. The van der Waals surface area contributed by atoms with Crippen molar-refractivity contribution < 1.29 is 9.53 Å². The summed E-state index contributed by atoms with van der Waals surface area (Å²) in [7, 11) is 0. The van der Waals surface area contributed by atoms with Crippen LogP contribution in [0, 0.1) is 5.92 Å². The number of Topliss-reactive ketones (excluding diaryl/α,β-unsaturated/α-hetero) is 1. The molecule has 2 rings (SSSR count). The van der Waals surface area contributed by atoms with Crippen LogP contribution in [0.25, 0.3) is 0 Å². The summed E-state index contributed by atoms with van der Waals surface area (Å²) in [6.07, 6.45) is 2.31. The van der Waals surface area contributed by atoms with Crippen LogP contribution < -0.4 is 10.5 Å². The fourth-order valence-corrected chi connectivity index (χ4v) is 2.06. The van der Waals surface area contributed by atoms with Crippen LogP contribution in [0.1, 0.15) is 35.7 Å². The highest BCUT2D eigenvalue weighted by Crippen LogP contribution is 2.30. The van der Waals surface area contributed by atoms with Gasteiger partial charge in [-0.2, -0.15) is 0 Å². The molecule has 17 heavy (non-hydrogen) atoms. The first kappa shape index (κ1) is 12.1. The van der Waals surface area contributed by atoms with E-state index in [1.807, 2.05) is 18.2 Å². The zero-order chi connectivity index (χ0) is 12.3. The summed E-state index contributed by atoms with van der Waals surface area (Å²) in [5.41, 5.74) is 7.45. The summed E-state index contributed by atoms with van der Waals surface area (Å²) in [5.74, 6) is 1.37. The number of ketones is 1. The van der Waals surface area contributed by atoms with E-state index in [4.69, 9.17) is 10.5 Å². The predicted octanol–water partition coefficient (Wildman–Crippen LogP) is 2.18. The molecule has 1 aromatic carbocycles. The van der Waals surface area contributed by atoms with Gasteiger partial charge in [0.1, 0.15) is 5.75 Å². The Kier molecular flexibility index (Phi) is 3.79. The van der Waals surface area contributed by atoms with E-state index in [2.05, 4.69) is 6.92 Å². The van der Waals surface area contributed by atoms with Crippen LogP contribution in [0.5, 0.6) is 5.75 Å². The Hall–Kier alpha value is -1.35. The van der Waals surface area contributed by atoms with Gasteiger partial charge >= 0.3 is 0 Å². The highest BCUT2D eigenvalue weighted by molar-refractivity contribution is 5.99. The van der Waals surface area contributed by atoms with E-state index < -0.39 is 0 Å². The second-order valence-corrected chi connectivity index (χ2v) is 4.70. The smallest absolute Gasteiger partial charge is 0.166 e. The molecule has 0 spiro atoms. The first-order chi connectivity index (χ1) is 8.22. The van der Waals surface area contributed by atoms with Crippen molar-refractivity contribution in [2.45, 2.75) is 26.2 Å². The molecule has 0 aromatic heterocycles. The maximum atomic E-state index is 12.1. The molecule has 0 radical (unpaired) electrons. The van der Waals surface area contributed by atoms with Crippen molar-refractivity contribution in [3.63, 3.8) is 0 Å². The third-order valence-corrected chi connectivity index (χ3v) is 3.28. The van der Waals surface area contributed by atoms with E-state index in [1.54, 1.807) is 0 Å². The average Bonchev–Trinajstić information content (AvgIpc) is 2.83. The monoisotopic (exact) mass is 233 g/mol. The zero-order valence-electron chi connectivity index (χ0n) is 10.2. The summed E-state index contributed by atoms with van der Waals surface area (Å²) in [4.78, 5) is 12.1. The summed E-state index contributed by atoms with van der Waals surface area (Å²) < 4.78 is 5.54. The highest BCUT2D eigenvalue weighted by atomic mass is 16.5. The third kappa shape index (κ3) is 2.67. The molecule has 1 aliphatic heterocycles. The van der Waals surface area contributed by atoms with Gasteiger partial charge in [0.2, 0.25) is 0 Å². The fraction of sp³-hybridized carbons (Fsp3) is 0.500. The van der Waals surface area contributed by atoms with Crippen LogP contribution in [0.4, 0.5) is 0 Å². The van der Waals surface area contributed by atoms with E-state index in [1.165, 1.54) is 0 Å². The number of rotatable bonds is 5. The van der Waals surface area contributed by atoms with Gasteiger partial charge < -0.3 is 10.5 Å². The molecule has 0 fully saturated rings. The molecule has 1 aliphatic rings. The van der Waals surface area contributed by atoms with Crippen molar-refractivity contribution in [1.82, 2.24) is 0 Å². The van der Waals surface area contributed by atoms with Crippen LogP contribution >= 0.6 is 0 Å². The second kappa shape index (κ2) is 5.32. The zero-order valence-corrected chi connectivity index (χ0v) is 10.2. The number of para-hydroxylation sites is 1. The Balaban J connectivity index is 2.07. The van der Waals surface area contributed by atoms with E-state index >= 15 is 0 Å². The first-order valence-corrected chi connectivity index (χ1v) is 6.20. The molecule has 92 valence electrons. The van der Waals surface area contributed by atoms with Gasteiger partial charge in [-0.05, 0) is 30.5 Å². The van der Waals surface area contributed by atoms with E-state index in [0.717, 1.165) is 29.7 Å². The Labute approximate surface area is 102 Å². The van der Waals surface area contributed by atoms with E-state index in [9.17, 15) is 4.79 Å². The molecule has 3 nitrogen and oxygen atoms in total. The normalized spacial score (nSPS) is 15.2. The summed E-state index contributed by atoms with van der Waals surface area (Å²) in [5, 5.41) is 0. The lowest BCUT2D eigenvalue weighted by Gasteiger charge is -2.09. The minimum atomic E-state index is 0.170. The van der Waals surface area contributed by atoms with E-state index in [-0.39, 0.29) is 5.78 Å². The molecule has 1 heterocycles. The van der Waals surface area contributed by atoms with Crippen LogP contribution in [0.15, 0.2) is 18.2 Å². The minimum Gasteiger partial charge on any atom is -0.492 e. The second-order valence-electron chi connectivity index (χ2n) is 4.70. The lowest BCUT2D eigenvalue weighted by molar-refractivity contribution is 0.0972. The van der Waals surface area contributed by atoms with Crippen LogP contribution in [-0.2, 0) is 6.42 Å². The van der Waals surface area contributed by atoms with Gasteiger partial charge in [0.05, 0.1) is 12.2 Å². The van der Waals surface area contributed by atoms with Crippen molar-refractivity contribution in [3.05, 3.63) is 29.3 Å². The van der Waals surface area contributed by atoms with Gasteiger partial charge in [-0.25, -0.2) is 0 Å². The molecule has 1 unspecified atom stereocenters. The highest BCUT2D eigenvalue weighted by Gasteiger charge is 2.20. The molecule has 0 saturated carbocycles. The van der Waals surface area contributed by atoms with Crippen LogP contribution in [0.3, 0.4) is 0 Å². The molecular formula is C14H19NO2. The van der Waals surface area contributed by atoms with Gasteiger partial charge in [-0.1, -0.05) is 19.1 Å². The number of ether oxygens (including phenoxy) is 1. The number of hydrogen-bond acceptors (Lipinski definition) is 3. The minimum absolute atomic E-state index is 0.170. The van der Waals surface area contributed by atoms with Gasteiger partial charge in [-0.3, -0.25) is 4.79 Å². The maximum absolute atomic E-state index is 12.1. The largest absolute Gasteiger partial charge is 0.492 e. The molecule has 0 saturated heterocycles. The summed E-state index contributed by atoms with van der Waals surface area (Å²) >= 11 is 0. The van der Waals surface area contributed by atoms with Crippen LogP contribution in [-0.4, -0.2) is 18.9 Å². The van der Waals surface area contributed by atoms with Gasteiger partial charge in [-0.15, -0.1) is 0 Å². The predicted molar refractivity (Wildman–Crippen MR) is 67.4 cm³/mol. The molecule has 2 N–H and O–H groups in total. The summed E-state index contributed by atoms with van der Waals surface area (Å²) in [6.45, 7) is 3.40. The fourth-order valence-electron chi connectivity index (χ4n) is 2.06. The molecule has 0 bridgehead atoms. The maximum Gasteiger partial charge on any atom is 0.166 e. The number of nitrogens with two attached hydrogens (primary N) is 1. The molecule has 1 aromatic rings. The Morgan fingerprint density at radius 2 is 2.35 bits per heavy atom. The Bertz CT molecular complexity index is 415. The number of carbonyl (C=O) groups excluding carboxylic acids is 1. The standard InChI is InChI=1S/C14H19NO2/c1-10(9-15)5-6-13(16)12-4-2-3-11-7-8-17-14(11)12/h2-4,10H,5-9,15H2,1H3. The number of fused-ring (bicyclic) bond motifs is 1. The number of benzene rings is 1. The number of carbonyl (C=O) groups is 1. The van der Waals surface area contributed by atoms with Crippen molar-refractivity contribution in [2.24, 2.45) is 11.7 Å². The molecular weight excluding hydrogens is 214 g/mol. The van der Waals surface area contributed by atoms with Gasteiger partial charge in [0, 0.05) is 12.8 Å². The quantitative estimate of drug-likeness (QED) is 0.793. The van der Waals surface area contributed by atoms with Gasteiger partial charge in [0.15, 0.2) is 5.78 Å². The van der Waals surface area contributed by atoms with Crippen molar-refractivity contribution >= 4 is 5.78 Å². The van der Waals surface area contributed by atoms with Crippen LogP contribution in [0.2, 0.25) is 0 Å². The van der Waals surface area contributed by atoms with Crippen molar-refractivity contribution in [2.75, 3.05) is 13.2 Å². The SMILES string of the molecule is CC(CN)CCC(=O)c1cccc2c1OCC2. The first-order valence-electron chi connectivity index (χ1n) is 6.20. The lowest BCUT2D eigenvalue weighted by atomic mass is 9.98. The van der Waals surface area contributed by atoms with Crippen molar-refractivity contribution in [3.8, 4) is 5.75 Å². The lowest BCUT2D eigenvalue weighted by Crippen LogP contribution is -2.12. The number of hydrogen-bond donors (Lipinski definition) is 1. The molecule has 0 aliphatic carbocycles. The average molecular weight is 233 g/mol.